The summed E-state index contributed by atoms with van der Waals surface area (Å²) < 4.78 is -2.31. The molecule has 0 aliphatic heterocycles. The van der Waals surface area contributed by atoms with Gasteiger partial charge in [0.15, 0.2) is 0 Å². The second-order valence-electron chi connectivity index (χ2n) is 4.50. The minimum atomic E-state index is -2.31. The van der Waals surface area contributed by atoms with Crippen molar-refractivity contribution >= 4 is 69.6 Å². The molecule has 0 aliphatic rings. The third-order valence-corrected chi connectivity index (χ3v) is 3.97. The van der Waals surface area contributed by atoms with E-state index in [-0.39, 0.29) is 0 Å². The van der Waals surface area contributed by atoms with E-state index in [9.17, 15) is 9.59 Å². The molecule has 0 unspecified atom stereocenters. The third kappa shape index (κ3) is 4.75. The fraction of sp³-hybridized carbons (Fsp3) is 0.0667. The Labute approximate surface area is 152 Å². The Bertz CT molecular complexity index is 654. The number of alkyl halides is 2. The van der Waals surface area contributed by atoms with Gasteiger partial charge in [-0.05, 0) is 48.5 Å². The number of hydrogen-bond donors (Lipinski definition) is 2. The number of carbonyl (C=O) groups is 2. The van der Waals surface area contributed by atoms with Gasteiger partial charge in [-0.3, -0.25) is 9.59 Å². The van der Waals surface area contributed by atoms with Crippen LogP contribution in [0.2, 0.25) is 10.0 Å². The molecular formula is C15H10Cl4N2O2. The molecule has 0 fully saturated rings. The summed E-state index contributed by atoms with van der Waals surface area (Å²) >= 11 is 23.3. The quantitative estimate of drug-likeness (QED) is 0.583. The van der Waals surface area contributed by atoms with Crippen LogP contribution in [0.15, 0.2) is 48.5 Å². The Morgan fingerprint density at radius 3 is 1.30 bits per heavy atom. The topological polar surface area (TPSA) is 58.2 Å². The number of halogens is 4. The van der Waals surface area contributed by atoms with Gasteiger partial charge in [0.1, 0.15) is 0 Å². The summed E-state index contributed by atoms with van der Waals surface area (Å²) in [5.74, 6) is -1.76. The Kier molecular flexibility index (Phi) is 5.76. The lowest BCUT2D eigenvalue weighted by atomic mass is 10.2. The molecule has 4 nitrogen and oxygen atoms in total. The first-order valence-electron chi connectivity index (χ1n) is 6.31. The highest BCUT2D eigenvalue weighted by Crippen LogP contribution is 2.26. The van der Waals surface area contributed by atoms with Crippen molar-refractivity contribution in [1.82, 2.24) is 0 Å². The zero-order valence-corrected chi connectivity index (χ0v) is 14.5. The molecule has 0 saturated carbocycles. The zero-order valence-electron chi connectivity index (χ0n) is 11.4. The third-order valence-electron chi connectivity index (χ3n) is 2.77. The van der Waals surface area contributed by atoms with Crippen molar-refractivity contribution in [1.29, 1.82) is 0 Å². The number of carbonyl (C=O) groups excluding carboxylic acids is 2. The maximum absolute atomic E-state index is 12.1. The van der Waals surface area contributed by atoms with Crippen molar-refractivity contribution in [2.24, 2.45) is 0 Å². The van der Waals surface area contributed by atoms with Crippen LogP contribution in [0.4, 0.5) is 11.4 Å². The highest BCUT2D eigenvalue weighted by Gasteiger charge is 2.42. The van der Waals surface area contributed by atoms with E-state index >= 15 is 0 Å². The summed E-state index contributed by atoms with van der Waals surface area (Å²) in [6, 6.07) is 12.5. The van der Waals surface area contributed by atoms with Crippen molar-refractivity contribution in [3.05, 3.63) is 58.6 Å². The molecule has 120 valence electrons. The highest BCUT2D eigenvalue weighted by molar-refractivity contribution is 6.69. The van der Waals surface area contributed by atoms with E-state index in [1.54, 1.807) is 48.5 Å². The molecular weight excluding hydrogens is 382 g/mol. The summed E-state index contributed by atoms with van der Waals surface area (Å²) in [5, 5.41) is 5.90. The fourth-order valence-electron chi connectivity index (χ4n) is 1.59. The van der Waals surface area contributed by atoms with Gasteiger partial charge in [0.05, 0.1) is 0 Å². The van der Waals surface area contributed by atoms with E-state index in [1.165, 1.54) is 0 Å². The lowest BCUT2D eigenvalue weighted by Gasteiger charge is -2.18. The predicted molar refractivity (Wildman–Crippen MR) is 94.6 cm³/mol. The average Bonchev–Trinajstić information content (AvgIpc) is 2.51. The first-order chi connectivity index (χ1) is 10.8. The van der Waals surface area contributed by atoms with Crippen LogP contribution in [-0.2, 0) is 9.59 Å². The molecule has 0 spiro atoms. The number of benzene rings is 2. The standard InChI is InChI=1S/C15H10Cl4N2O2/c16-9-1-5-11(6-2-9)20-13(22)15(18,19)14(23)21-12-7-3-10(17)4-8-12/h1-8H,(H,20,22)(H,21,23). The van der Waals surface area contributed by atoms with Crippen LogP contribution in [0.5, 0.6) is 0 Å². The van der Waals surface area contributed by atoms with Crippen LogP contribution in [0.3, 0.4) is 0 Å². The maximum Gasteiger partial charge on any atom is 0.274 e. The highest BCUT2D eigenvalue weighted by atomic mass is 35.5. The van der Waals surface area contributed by atoms with Crippen LogP contribution in [0.25, 0.3) is 0 Å². The Hall–Kier alpha value is -1.46. The Balaban J connectivity index is 2.06. The number of amides is 2. The van der Waals surface area contributed by atoms with Gasteiger partial charge in [-0.1, -0.05) is 46.4 Å². The zero-order chi connectivity index (χ0) is 17.0. The van der Waals surface area contributed by atoms with Crippen LogP contribution in [0.1, 0.15) is 0 Å². The molecule has 2 aromatic carbocycles. The Morgan fingerprint density at radius 2 is 1.00 bits per heavy atom. The van der Waals surface area contributed by atoms with Gasteiger partial charge in [-0.2, -0.15) is 0 Å². The van der Waals surface area contributed by atoms with E-state index in [1.807, 2.05) is 0 Å². The number of hydrogen-bond acceptors (Lipinski definition) is 2. The molecule has 23 heavy (non-hydrogen) atoms. The summed E-state index contributed by atoms with van der Waals surface area (Å²) in [4.78, 5) is 24.2. The smallest absolute Gasteiger partial charge is 0.274 e. The number of nitrogens with one attached hydrogen (secondary N) is 2. The van der Waals surface area contributed by atoms with Gasteiger partial charge in [0.2, 0.25) is 0 Å². The van der Waals surface area contributed by atoms with E-state index in [2.05, 4.69) is 10.6 Å². The van der Waals surface area contributed by atoms with Gasteiger partial charge >= 0.3 is 0 Å². The van der Waals surface area contributed by atoms with E-state index < -0.39 is 16.1 Å². The molecule has 8 heteroatoms. The van der Waals surface area contributed by atoms with E-state index in [0.717, 1.165) is 0 Å². The molecule has 0 bridgehead atoms. The molecule has 2 rings (SSSR count). The molecule has 0 aliphatic carbocycles. The first-order valence-corrected chi connectivity index (χ1v) is 7.82. The molecule has 0 atom stereocenters. The normalized spacial score (nSPS) is 11.0. The van der Waals surface area contributed by atoms with Gasteiger partial charge in [0.25, 0.3) is 16.1 Å². The minimum Gasteiger partial charge on any atom is -0.323 e. The van der Waals surface area contributed by atoms with Crippen LogP contribution < -0.4 is 10.6 Å². The van der Waals surface area contributed by atoms with Crippen molar-refractivity contribution in [2.75, 3.05) is 10.6 Å². The lowest BCUT2D eigenvalue weighted by molar-refractivity contribution is -0.124. The van der Waals surface area contributed by atoms with Gasteiger partial charge in [-0.15, -0.1) is 0 Å². The second kappa shape index (κ2) is 7.41. The molecule has 0 aromatic heterocycles. The van der Waals surface area contributed by atoms with Crippen LogP contribution in [0, 0.1) is 0 Å². The molecule has 2 aromatic rings. The molecule has 0 saturated heterocycles. The van der Waals surface area contributed by atoms with Crippen molar-refractivity contribution in [3.63, 3.8) is 0 Å². The predicted octanol–water partition coefficient (Wildman–Crippen LogP) is 4.74. The SMILES string of the molecule is O=C(Nc1ccc(Cl)cc1)C(Cl)(Cl)C(=O)Nc1ccc(Cl)cc1. The molecule has 0 heterocycles. The maximum atomic E-state index is 12.1. The minimum absolute atomic E-state index is 0.407. The molecule has 2 amide bonds. The largest absolute Gasteiger partial charge is 0.323 e. The van der Waals surface area contributed by atoms with Crippen LogP contribution in [-0.4, -0.2) is 16.1 Å². The van der Waals surface area contributed by atoms with Crippen molar-refractivity contribution in [2.45, 2.75) is 4.33 Å². The Morgan fingerprint density at radius 1 is 0.696 bits per heavy atom. The number of anilines is 2. The average molecular weight is 392 g/mol. The second-order valence-corrected chi connectivity index (χ2v) is 6.70. The van der Waals surface area contributed by atoms with E-state index in [4.69, 9.17) is 46.4 Å². The van der Waals surface area contributed by atoms with E-state index in [0.29, 0.717) is 21.4 Å². The molecule has 2 N–H and O–H groups in total. The van der Waals surface area contributed by atoms with Crippen molar-refractivity contribution in [3.8, 4) is 0 Å². The van der Waals surface area contributed by atoms with Gasteiger partial charge in [0, 0.05) is 21.4 Å². The van der Waals surface area contributed by atoms with Crippen molar-refractivity contribution < 1.29 is 9.59 Å². The van der Waals surface area contributed by atoms with Gasteiger partial charge in [-0.25, -0.2) is 0 Å². The molecule has 0 radical (unpaired) electrons. The summed E-state index contributed by atoms with van der Waals surface area (Å²) in [5.41, 5.74) is 0.814. The lowest BCUT2D eigenvalue weighted by Crippen LogP contribution is -2.43. The summed E-state index contributed by atoms with van der Waals surface area (Å²) in [7, 11) is 0. The summed E-state index contributed by atoms with van der Waals surface area (Å²) in [6.45, 7) is 0. The van der Waals surface area contributed by atoms with Gasteiger partial charge < -0.3 is 10.6 Å². The van der Waals surface area contributed by atoms with Crippen LogP contribution >= 0.6 is 46.4 Å². The first kappa shape index (κ1) is 17.9. The fourth-order valence-corrected chi connectivity index (χ4v) is 2.03. The summed E-state index contributed by atoms with van der Waals surface area (Å²) in [6.07, 6.45) is 0. The monoisotopic (exact) mass is 390 g/mol. The number of rotatable bonds is 4.